The number of aryl methyl sites for hydroxylation is 2. The Morgan fingerprint density at radius 1 is 1.32 bits per heavy atom. The molecule has 0 saturated heterocycles. The van der Waals surface area contributed by atoms with Gasteiger partial charge in [0.05, 0.1) is 6.04 Å². The minimum absolute atomic E-state index is 0.152. The zero-order chi connectivity index (χ0) is 15.1. The van der Waals surface area contributed by atoms with Gasteiger partial charge >= 0.3 is 0 Å². The van der Waals surface area contributed by atoms with Crippen LogP contribution in [0.25, 0.3) is 5.78 Å². The Kier molecular flexibility index (Phi) is 3.03. The van der Waals surface area contributed by atoms with Gasteiger partial charge in [-0.15, -0.1) is 5.10 Å². The van der Waals surface area contributed by atoms with Gasteiger partial charge in [0, 0.05) is 6.20 Å². The molecule has 0 aliphatic heterocycles. The number of halogens is 1. The third-order valence-corrected chi connectivity index (χ3v) is 4.09. The summed E-state index contributed by atoms with van der Waals surface area (Å²) in [7, 11) is 0. The molecular formula is C16H16FN5. The molecule has 0 radical (unpaired) electrons. The van der Waals surface area contributed by atoms with Crippen LogP contribution in [-0.2, 0) is 6.42 Å². The zero-order valence-corrected chi connectivity index (χ0v) is 12.3. The topological polar surface area (TPSA) is 55.1 Å². The Hall–Kier alpha value is -2.50. The maximum atomic E-state index is 13.4. The predicted octanol–water partition coefficient (Wildman–Crippen LogP) is 3.06. The molecule has 0 spiro atoms. The molecule has 2 aromatic heterocycles. The average Bonchev–Trinajstić information content (AvgIpc) is 2.88. The molecule has 6 heteroatoms. The number of nitrogens with one attached hydrogen (secondary N) is 1. The van der Waals surface area contributed by atoms with E-state index in [4.69, 9.17) is 0 Å². The predicted molar refractivity (Wildman–Crippen MR) is 81.2 cm³/mol. The molecule has 0 fully saturated rings. The second-order valence-electron chi connectivity index (χ2n) is 5.63. The van der Waals surface area contributed by atoms with Crippen LogP contribution < -0.4 is 5.32 Å². The quantitative estimate of drug-likeness (QED) is 0.790. The van der Waals surface area contributed by atoms with Crippen LogP contribution in [0.5, 0.6) is 0 Å². The Morgan fingerprint density at radius 2 is 2.23 bits per heavy atom. The van der Waals surface area contributed by atoms with Crippen LogP contribution in [0.2, 0.25) is 0 Å². The lowest BCUT2D eigenvalue weighted by Gasteiger charge is -2.27. The Labute approximate surface area is 127 Å². The van der Waals surface area contributed by atoms with Crippen LogP contribution in [0.3, 0.4) is 0 Å². The van der Waals surface area contributed by atoms with Crippen molar-refractivity contribution in [2.24, 2.45) is 0 Å². The number of aromatic nitrogens is 4. The van der Waals surface area contributed by atoms with Crippen molar-refractivity contribution in [3.05, 3.63) is 53.2 Å². The average molecular weight is 297 g/mol. The summed E-state index contributed by atoms with van der Waals surface area (Å²) in [4.78, 5) is 8.49. The van der Waals surface area contributed by atoms with Gasteiger partial charge in [-0.1, -0.05) is 6.07 Å². The molecule has 0 unspecified atom stereocenters. The fraction of sp³-hybridized carbons (Fsp3) is 0.312. The second kappa shape index (κ2) is 5.05. The highest BCUT2D eigenvalue weighted by molar-refractivity contribution is 5.46. The molecule has 22 heavy (non-hydrogen) atoms. The number of hydrogen-bond donors (Lipinski definition) is 1. The van der Waals surface area contributed by atoms with Gasteiger partial charge in [0.2, 0.25) is 0 Å². The summed E-state index contributed by atoms with van der Waals surface area (Å²) in [5, 5.41) is 7.88. The van der Waals surface area contributed by atoms with Gasteiger partial charge in [0.15, 0.2) is 0 Å². The molecule has 0 bridgehead atoms. The first kappa shape index (κ1) is 13.2. The van der Waals surface area contributed by atoms with Crippen LogP contribution in [0, 0.1) is 12.7 Å². The maximum absolute atomic E-state index is 13.4. The van der Waals surface area contributed by atoms with Crippen molar-refractivity contribution >= 4 is 11.6 Å². The first-order chi connectivity index (χ1) is 10.7. The van der Waals surface area contributed by atoms with Gasteiger partial charge in [-0.3, -0.25) is 0 Å². The zero-order valence-electron chi connectivity index (χ0n) is 12.3. The van der Waals surface area contributed by atoms with Crippen molar-refractivity contribution < 1.29 is 4.39 Å². The smallest absolute Gasteiger partial charge is 0.254 e. The van der Waals surface area contributed by atoms with Gasteiger partial charge < -0.3 is 5.32 Å². The number of rotatable bonds is 2. The van der Waals surface area contributed by atoms with Crippen molar-refractivity contribution in [1.29, 1.82) is 0 Å². The van der Waals surface area contributed by atoms with E-state index in [0.29, 0.717) is 11.6 Å². The minimum Gasteiger partial charge on any atom is -0.363 e. The molecule has 0 saturated carbocycles. The molecule has 1 atom stereocenters. The monoisotopic (exact) mass is 297 g/mol. The molecule has 4 rings (SSSR count). The summed E-state index contributed by atoms with van der Waals surface area (Å²) in [6.45, 7) is 1.84. The standard InChI is InChI=1S/C16H16FN5/c1-10-19-16-18-8-7-15(22(16)21-10)20-14-4-2-3-11-9-12(17)5-6-13(11)14/h5-9,14,20H,2-4H2,1H3/t14-/m1/s1. The van der Waals surface area contributed by atoms with E-state index in [2.05, 4.69) is 20.4 Å². The van der Waals surface area contributed by atoms with Crippen molar-refractivity contribution in [1.82, 2.24) is 19.6 Å². The lowest BCUT2D eigenvalue weighted by atomic mass is 9.87. The third kappa shape index (κ3) is 2.20. The highest BCUT2D eigenvalue weighted by atomic mass is 19.1. The van der Waals surface area contributed by atoms with Crippen LogP contribution in [0.1, 0.15) is 35.8 Å². The number of nitrogens with zero attached hydrogens (tertiary/aromatic N) is 4. The molecular weight excluding hydrogens is 281 g/mol. The highest BCUT2D eigenvalue weighted by Gasteiger charge is 2.21. The van der Waals surface area contributed by atoms with E-state index in [1.165, 1.54) is 6.07 Å². The van der Waals surface area contributed by atoms with E-state index < -0.39 is 0 Å². The van der Waals surface area contributed by atoms with Crippen LogP contribution in [-0.4, -0.2) is 19.6 Å². The van der Waals surface area contributed by atoms with E-state index in [0.717, 1.165) is 36.2 Å². The summed E-state index contributed by atoms with van der Waals surface area (Å²) in [6, 6.07) is 7.09. The summed E-state index contributed by atoms with van der Waals surface area (Å²) >= 11 is 0. The fourth-order valence-corrected chi connectivity index (χ4v) is 3.11. The Balaban J connectivity index is 1.72. The molecule has 1 aliphatic carbocycles. The molecule has 1 aromatic carbocycles. The molecule has 5 nitrogen and oxygen atoms in total. The maximum Gasteiger partial charge on any atom is 0.254 e. The number of hydrogen-bond acceptors (Lipinski definition) is 4. The van der Waals surface area contributed by atoms with Crippen molar-refractivity contribution in [2.45, 2.75) is 32.2 Å². The van der Waals surface area contributed by atoms with Crippen molar-refractivity contribution in [2.75, 3.05) is 5.32 Å². The van der Waals surface area contributed by atoms with Crippen molar-refractivity contribution in [3.63, 3.8) is 0 Å². The molecule has 2 heterocycles. The largest absolute Gasteiger partial charge is 0.363 e. The van der Waals surface area contributed by atoms with E-state index in [1.54, 1.807) is 16.8 Å². The van der Waals surface area contributed by atoms with Gasteiger partial charge in [-0.2, -0.15) is 9.50 Å². The lowest BCUT2D eigenvalue weighted by molar-refractivity contribution is 0.580. The van der Waals surface area contributed by atoms with E-state index in [9.17, 15) is 4.39 Å². The fourth-order valence-electron chi connectivity index (χ4n) is 3.11. The lowest BCUT2D eigenvalue weighted by Crippen LogP contribution is -2.19. The SMILES string of the molecule is Cc1nc2nccc(N[C@@H]3CCCc4cc(F)ccc43)n2n1. The number of anilines is 1. The molecule has 1 aliphatic rings. The minimum atomic E-state index is -0.169. The molecule has 1 N–H and O–H groups in total. The van der Waals surface area contributed by atoms with E-state index in [1.807, 2.05) is 19.1 Å². The van der Waals surface area contributed by atoms with E-state index >= 15 is 0 Å². The van der Waals surface area contributed by atoms with Gasteiger partial charge in [-0.25, -0.2) is 9.37 Å². The summed E-state index contributed by atoms with van der Waals surface area (Å²) < 4.78 is 15.1. The normalized spacial score (nSPS) is 17.5. The van der Waals surface area contributed by atoms with Crippen LogP contribution >= 0.6 is 0 Å². The van der Waals surface area contributed by atoms with Gasteiger partial charge in [0.25, 0.3) is 5.78 Å². The first-order valence-electron chi connectivity index (χ1n) is 7.44. The molecule has 0 amide bonds. The van der Waals surface area contributed by atoms with E-state index in [-0.39, 0.29) is 11.9 Å². The summed E-state index contributed by atoms with van der Waals surface area (Å²) in [6.07, 6.45) is 4.70. The Morgan fingerprint density at radius 3 is 3.14 bits per heavy atom. The molecule has 112 valence electrons. The second-order valence-corrected chi connectivity index (χ2v) is 5.63. The number of benzene rings is 1. The third-order valence-electron chi connectivity index (χ3n) is 4.09. The summed E-state index contributed by atoms with van der Waals surface area (Å²) in [5.74, 6) is 1.95. The van der Waals surface area contributed by atoms with Crippen LogP contribution in [0.4, 0.5) is 10.2 Å². The van der Waals surface area contributed by atoms with Gasteiger partial charge in [-0.05, 0) is 55.5 Å². The number of fused-ring (bicyclic) bond motifs is 2. The summed E-state index contributed by atoms with van der Waals surface area (Å²) in [5.41, 5.74) is 2.25. The van der Waals surface area contributed by atoms with Crippen LogP contribution in [0.15, 0.2) is 30.5 Å². The van der Waals surface area contributed by atoms with Crippen molar-refractivity contribution in [3.8, 4) is 0 Å². The molecule has 3 aromatic rings. The van der Waals surface area contributed by atoms with Gasteiger partial charge in [0.1, 0.15) is 17.5 Å². The first-order valence-corrected chi connectivity index (χ1v) is 7.44. The Bertz CT molecular complexity index is 842. The highest BCUT2D eigenvalue weighted by Crippen LogP contribution is 2.32.